The number of hydrogen-bond acceptors (Lipinski definition) is 6. The van der Waals surface area contributed by atoms with Gasteiger partial charge in [-0.25, -0.2) is 0 Å². The highest BCUT2D eigenvalue weighted by Gasteiger charge is 2.25. The van der Waals surface area contributed by atoms with Crippen LogP contribution in [0.1, 0.15) is 57.9 Å². The summed E-state index contributed by atoms with van der Waals surface area (Å²) in [5.74, 6) is 1.99. The van der Waals surface area contributed by atoms with Gasteiger partial charge in [0, 0.05) is 18.7 Å². The molecule has 0 bridgehead atoms. The number of piperidine rings is 1. The van der Waals surface area contributed by atoms with Gasteiger partial charge in [0.25, 0.3) is 0 Å². The SMILES string of the molecule is CCOC(=O)C1CCN(CCOc2ccc(/C=C/C(=O)NC3CCC(C)CC3)cc2OC)CC1. The maximum Gasteiger partial charge on any atom is 0.309 e. The molecule has 1 N–H and O–H groups in total. The summed E-state index contributed by atoms with van der Waals surface area (Å²) in [6.45, 7) is 7.63. The second-order valence-corrected chi connectivity index (χ2v) is 9.43. The first kappa shape index (κ1) is 26.1. The third-order valence-corrected chi connectivity index (χ3v) is 6.85. The van der Waals surface area contributed by atoms with Gasteiger partial charge in [-0.05, 0) is 88.2 Å². The first-order valence-electron chi connectivity index (χ1n) is 12.7. The second kappa shape index (κ2) is 13.4. The van der Waals surface area contributed by atoms with Gasteiger partial charge in [-0.15, -0.1) is 0 Å². The van der Waals surface area contributed by atoms with Gasteiger partial charge in [0.2, 0.25) is 5.91 Å². The van der Waals surface area contributed by atoms with Crippen LogP contribution in [0.2, 0.25) is 0 Å². The molecule has 0 spiro atoms. The summed E-state index contributed by atoms with van der Waals surface area (Å²) < 4.78 is 16.6. The quantitative estimate of drug-likeness (QED) is 0.409. The largest absolute Gasteiger partial charge is 0.493 e. The Morgan fingerprint density at radius 2 is 1.82 bits per heavy atom. The first-order valence-corrected chi connectivity index (χ1v) is 12.7. The van der Waals surface area contributed by atoms with Gasteiger partial charge < -0.3 is 19.5 Å². The predicted octanol–water partition coefficient (Wildman–Crippen LogP) is 4.06. The van der Waals surface area contributed by atoms with Crippen molar-refractivity contribution in [3.05, 3.63) is 29.8 Å². The molecular formula is C27H40N2O5. The van der Waals surface area contributed by atoms with Crippen LogP contribution in [0, 0.1) is 11.8 Å². The first-order chi connectivity index (χ1) is 16.5. The van der Waals surface area contributed by atoms with Crippen molar-refractivity contribution in [3.63, 3.8) is 0 Å². The van der Waals surface area contributed by atoms with E-state index in [1.165, 1.54) is 12.8 Å². The molecular weight excluding hydrogens is 432 g/mol. The summed E-state index contributed by atoms with van der Waals surface area (Å²) in [6.07, 6.45) is 9.54. The molecule has 1 saturated carbocycles. The number of methoxy groups -OCH3 is 1. The van der Waals surface area contributed by atoms with E-state index in [1.54, 1.807) is 19.3 Å². The van der Waals surface area contributed by atoms with Crippen molar-refractivity contribution >= 4 is 18.0 Å². The topological polar surface area (TPSA) is 77.1 Å². The minimum atomic E-state index is -0.0709. The fraction of sp³-hybridized carbons (Fsp3) is 0.630. The van der Waals surface area contributed by atoms with E-state index in [0.717, 1.165) is 56.8 Å². The Kier molecular flexibility index (Phi) is 10.3. The van der Waals surface area contributed by atoms with Crippen molar-refractivity contribution < 1.29 is 23.8 Å². The van der Waals surface area contributed by atoms with Crippen LogP contribution in [-0.2, 0) is 14.3 Å². The lowest BCUT2D eigenvalue weighted by atomic mass is 9.87. The minimum absolute atomic E-state index is 0.0197. The van der Waals surface area contributed by atoms with Crippen molar-refractivity contribution in [1.82, 2.24) is 10.2 Å². The number of nitrogens with one attached hydrogen (secondary N) is 1. The fourth-order valence-corrected chi connectivity index (χ4v) is 4.67. The lowest BCUT2D eigenvalue weighted by Crippen LogP contribution is -2.39. The summed E-state index contributed by atoms with van der Waals surface area (Å²) >= 11 is 0. The molecule has 188 valence electrons. The zero-order valence-electron chi connectivity index (χ0n) is 20.9. The van der Waals surface area contributed by atoms with Gasteiger partial charge >= 0.3 is 5.97 Å². The van der Waals surface area contributed by atoms with Crippen LogP contribution in [0.5, 0.6) is 11.5 Å². The Morgan fingerprint density at radius 1 is 1.09 bits per heavy atom. The molecule has 1 aliphatic heterocycles. The number of rotatable bonds is 10. The van der Waals surface area contributed by atoms with E-state index in [1.807, 2.05) is 25.1 Å². The molecule has 1 amide bonds. The third-order valence-electron chi connectivity index (χ3n) is 6.85. The molecule has 0 atom stereocenters. The van der Waals surface area contributed by atoms with Crippen LogP contribution < -0.4 is 14.8 Å². The van der Waals surface area contributed by atoms with Crippen LogP contribution >= 0.6 is 0 Å². The van der Waals surface area contributed by atoms with E-state index in [4.69, 9.17) is 14.2 Å². The molecule has 7 nitrogen and oxygen atoms in total. The van der Waals surface area contributed by atoms with Gasteiger partial charge in [-0.1, -0.05) is 13.0 Å². The number of likely N-dealkylation sites (tertiary alicyclic amines) is 1. The number of ether oxygens (including phenoxy) is 3. The van der Waals surface area contributed by atoms with Gasteiger partial charge in [0.1, 0.15) is 6.61 Å². The Bertz CT molecular complexity index is 824. The predicted molar refractivity (Wildman–Crippen MR) is 133 cm³/mol. The average Bonchev–Trinajstić information content (AvgIpc) is 2.85. The zero-order chi connectivity index (χ0) is 24.3. The monoisotopic (exact) mass is 472 g/mol. The van der Waals surface area contributed by atoms with Crippen LogP contribution in [0.3, 0.4) is 0 Å². The number of hydrogen-bond donors (Lipinski definition) is 1. The Hall–Kier alpha value is -2.54. The minimum Gasteiger partial charge on any atom is -0.493 e. The molecule has 1 aliphatic carbocycles. The standard InChI is InChI=1S/C27H40N2O5/c1-4-33-27(31)22-13-15-29(16-14-22)17-18-34-24-11-7-21(19-25(24)32-3)8-12-26(30)28-23-9-5-20(2)6-10-23/h7-8,11-12,19-20,22-23H,4-6,9-10,13-18H2,1-3H3,(H,28,30)/b12-8+. The second-order valence-electron chi connectivity index (χ2n) is 9.43. The molecule has 3 rings (SSSR count). The van der Waals surface area contributed by atoms with Crippen LogP contribution in [-0.4, -0.2) is 62.8 Å². The third kappa shape index (κ3) is 8.05. The number of carbonyl (C=O) groups is 2. The fourth-order valence-electron chi connectivity index (χ4n) is 4.67. The molecule has 0 aromatic heterocycles. The van der Waals surface area contributed by atoms with Gasteiger partial charge in [-0.2, -0.15) is 0 Å². The lowest BCUT2D eigenvalue weighted by Gasteiger charge is -2.30. The molecule has 1 heterocycles. The molecule has 1 aromatic rings. The summed E-state index contributed by atoms with van der Waals surface area (Å²) in [7, 11) is 1.62. The number of nitrogens with zero attached hydrogens (tertiary/aromatic N) is 1. The van der Waals surface area contributed by atoms with E-state index < -0.39 is 0 Å². The highest BCUT2D eigenvalue weighted by Crippen LogP contribution is 2.29. The van der Waals surface area contributed by atoms with Gasteiger partial charge in [0.05, 0.1) is 19.6 Å². The van der Waals surface area contributed by atoms with Crippen molar-refractivity contribution in [2.75, 3.05) is 40.0 Å². The lowest BCUT2D eigenvalue weighted by molar-refractivity contribution is -0.149. The highest BCUT2D eigenvalue weighted by molar-refractivity contribution is 5.92. The number of carbonyl (C=O) groups excluding carboxylic acids is 2. The van der Waals surface area contributed by atoms with Crippen molar-refractivity contribution in [3.8, 4) is 11.5 Å². The number of esters is 1. The Labute approximate surface area is 203 Å². The maximum atomic E-state index is 12.3. The van der Waals surface area contributed by atoms with Gasteiger partial charge in [0.15, 0.2) is 11.5 Å². The van der Waals surface area contributed by atoms with E-state index in [2.05, 4.69) is 17.1 Å². The van der Waals surface area contributed by atoms with E-state index in [0.29, 0.717) is 24.7 Å². The molecule has 0 radical (unpaired) electrons. The normalized spacial score (nSPS) is 21.9. The molecule has 7 heteroatoms. The highest BCUT2D eigenvalue weighted by atomic mass is 16.5. The van der Waals surface area contributed by atoms with Crippen molar-refractivity contribution in [2.24, 2.45) is 11.8 Å². The Balaban J connectivity index is 1.42. The number of amides is 1. The summed E-state index contributed by atoms with van der Waals surface area (Å²) in [5, 5.41) is 3.11. The molecule has 1 saturated heterocycles. The molecule has 1 aromatic carbocycles. The van der Waals surface area contributed by atoms with Crippen LogP contribution in [0.4, 0.5) is 0 Å². The van der Waals surface area contributed by atoms with E-state index >= 15 is 0 Å². The maximum absolute atomic E-state index is 12.3. The smallest absolute Gasteiger partial charge is 0.309 e. The summed E-state index contributed by atoms with van der Waals surface area (Å²) in [4.78, 5) is 26.5. The molecule has 34 heavy (non-hydrogen) atoms. The van der Waals surface area contributed by atoms with Gasteiger partial charge in [-0.3, -0.25) is 14.5 Å². The number of benzene rings is 1. The summed E-state index contributed by atoms with van der Waals surface area (Å²) in [5.41, 5.74) is 0.887. The van der Waals surface area contributed by atoms with E-state index in [9.17, 15) is 9.59 Å². The Morgan fingerprint density at radius 3 is 2.50 bits per heavy atom. The van der Waals surface area contributed by atoms with Crippen molar-refractivity contribution in [2.45, 2.75) is 58.4 Å². The van der Waals surface area contributed by atoms with Crippen LogP contribution in [0.25, 0.3) is 6.08 Å². The molecule has 0 unspecified atom stereocenters. The zero-order valence-corrected chi connectivity index (χ0v) is 20.9. The average molecular weight is 473 g/mol. The van der Waals surface area contributed by atoms with Crippen LogP contribution in [0.15, 0.2) is 24.3 Å². The van der Waals surface area contributed by atoms with E-state index in [-0.39, 0.29) is 23.8 Å². The summed E-state index contributed by atoms with van der Waals surface area (Å²) in [6, 6.07) is 5.97. The van der Waals surface area contributed by atoms with Crippen molar-refractivity contribution in [1.29, 1.82) is 0 Å². The molecule has 2 aliphatic rings. The molecule has 2 fully saturated rings.